The average molecular weight is 370 g/mol. The van der Waals surface area contributed by atoms with Gasteiger partial charge in [-0.1, -0.05) is 18.2 Å². The topological polar surface area (TPSA) is 95.9 Å². The number of anilines is 1. The lowest BCUT2D eigenvalue weighted by Crippen LogP contribution is -2.60. The van der Waals surface area contributed by atoms with Crippen LogP contribution < -0.4 is 9.03 Å². The molecule has 2 N–H and O–H groups in total. The average Bonchev–Trinajstić information content (AvgIpc) is 2.46. The fraction of sp³-hybridized carbons (Fsp3) is 0.462. The summed E-state index contributed by atoms with van der Waals surface area (Å²) >= 11 is 0. The highest BCUT2D eigenvalue weighted by Crippen LogP contribution is 2.33. The van der Waals surface area contributed by atoms with Crippen LogP contribution in [0.5, 0.6) is 0 Å². The third-order valence-electron chi connectivity index (χ3n) is 3.05. The maximum Gasteiger partial charge on any atom is 0.426 e. The van der Waals surface area contributed by atoms with E-state index >= 15 is 0 Å². The number of nitrogens with one attached hydrogen (secondary N) is 1. The highest BCUT2D eigenvalue weighted by molar-refractivity contribution is 7.91. The van der Waals surface area contributed by atoms with Crippen molar-refractivity contribution in [3.8, 4) is 0 Å². The number of hydrogen-bond donors (Lipinski definition) is 2. The van der Waals surface area contributed by atoms with Gasteiger partial charge in [-0.2, -0.15) is 30.6 Å². The Balaban J connectivity index is 3.44. The number of para-hydroxylation sites is 1. The minimum atomic E-state index is -5.38. The molecule has 0 saturated heterocycles. The van der Waals surface area contributed by atoms with Gasteiger partial charge < -0.3 is 9.84 Å². The normalized spacial score (nSPS) is 16.3. The van der Waals surface area contributed by atoms with Gasteiger partial charge in [-0.25, -0.2) is 0 Å². The van der Waals surface area contributed by atoms with E-state index in [2.05, 4.69) is 0 Å². The zero-order chi connectivity index (χ0) is 18.8. The molecule has 0 bridgehead atoms. The van der Waals surface area contributed by atoms with Crippen molar-refractivity contribution in [3.63, 3.8) is 0 Å². The van der Waals surface area contributed by atoms with Crippen molar-refractivity contribution in [3.05, 3.63) is 30.3 Å². The molecular weight excluding hydrogens is 353 g/mol. The second kappa shape index (κ2) is 7.05. The monoisotopic (exact) mass is 370 g/mol. The summed E-state index contributed by atoms with van der Waals surface area (Å²) in [5.41, 5.74) is -4.28. The van der Waals surface area contributed by atoms with Crippen molar-refractivity contribution in [2.75, 3.05) is 11.4 Å². The van der Waals surface area contributed by atoms with E-state index in [9.17, 15) is 31.5 Å². The van der Waals surface area contributed by atoms with Gasteiger partial charge in [0, 0.05) is 7.11 Å². The van der Waals surface area contributed by atoms with Crippen LogP contribution >= 0.6 is 0 Å². The van der Waals surface area contributed by atoms with E-state index in [1.54, 1.807) is 0 Å². The Morgan fingerprint density at radius 2 is 1.79 bits per heavy atom. The summed E-state index contributed by atoms with van der Waals surface area (Å²) in [5, 5.41) is 9.57. The quantitative estimate of drug-likeness (QED) is 0.733. The molecule has 1 amide bonds. The first-order valence-corrected chi connectivity index (χ1v) is 8.02. The van der Waals surface area contributed by atoms with Crippen LogP contribution in [0.4, 0.5) is 18.9 Å². The lowest BCUT2D eigenvalue weighted by atomic mass is 10.1. The van der Waals surface area contributed by atoms with Gasteiger partial charge in [0.2, 0.25) is 5.60 Å². The number of amides is 1. The highest BCUT2D eigenvalue weighted by atomic mass is 32.2. The van der Waals surface area contributed by atoms with E-state index in [1.807, 2.05) is 4.72 Å². The zero-order valence-corrected chi connectivity index (χ0v) is 13.9. The first kappa shape index (κ1) is 20.4. The molecule has 7 nitrogen and oxygen atoms in total. The minimum Gasteiger partial charge on any atom is -0.373 e. The SMILES string of the molecule is COC(C)NS(=O)(=O)N(C(=O)C(C)(O)C(F)(F)F)c1ccccc1. The van der Waals surface area contributed by atoms with Crippen molar-refractivity contribution in [1.29, 1.82) is 0 Å². The number of benzene rings is 1. The molecule has 0 fully saturated rings. The number of alkyl halides is 3. The summed E-state index contributed by atoms with van der Waals surface area (Å²) < 4.78 is 70.0. The molecule has 0 radical (unpaired) electrons. The summed E-state index contributed by atoms with van der Waals surface area (Å²) in [6, 6.07) is 6.36. The molecule has 11 heteroatoms. The third-order valence-corrected chi connectivity index (χ3v) is 4.54. The molecule has 2 atom stereocenters. The fourth-order valence-corrected chi connectivity index (χ4v) is 2.97. The fourth-order valence-electron chi connectivity index (χ4n) is 1.56. The van der Waals surface area contributed by atoms with Crippen LogP contribution in [0.25, 0.3) is 0 Å². The molecule has 0 aliphatic rings. The number of carbonyl (C=O) groups excluding carboxylic acids is 1. The number of rotatable bonds is 6. The Hall–Kier alpha value is -1.69. The Kier molecular flexibility index (Phi) is 5.98. The third kappa shape index (κ3) is 4.23. The molecular formula is C13H17F3N2O5S. The van der Waals surface area contributed by atoms with Crippen LogP contribution in [0, 0.1) is 0 Å². The van der Waals surface area contributed by atoms with Crippen LogP contribution in [0.1, 0.15) is 13.8 Å². The molecule has 136 valence electrons. The molecule has 0 spiro atoms. The van der Waals surface area contributed by atoms with Crippen LogP contribution in [-0.2, 0) is 19.7 Å². The summed E-state index contributed by atoms with van der Waals surface area (Å²) in [6.45, 7) is 1.45. The lowest BCUT2D eigenvalue weighted by molar-refractivity contribution is -0.243. The number of ether oxygens (including phenoxy) is 1. The maximum absolute atomic E-state index is 12.9. The predicted molar refractivity (Wildman–Crippen MR) is 79.1 cm³/mol. The predicted octanol–water partition coefficient (Wildman–Crippen LogP) is 1.16. The first-order valence-electron chi connectivity index (χ1n) is 6.58. The minimum absolute atomic E-state index is 0.143. The second-order valence-electron chi connectivity index (χ2n) is 4.98. The van der Waals surface area contributed by atoms with E-state index in [-0.39, 0.29) is 16.9 Å². The van der Waals surface area contributed by atoms with Gasteiger partial charge in [-0.05, 0) is 26.0 Å². The van der Waals surface area contributed by atoms with Gasteiger partial charge in [0.05, 0.1) is 5.69 Å². The van der Waals surface area contributed by atoms with Gasteiger partial charge in [-0.3, -0.25) is 4.79 Å². The molecule has 1 rings (SSSR count). The van der Waals surface area contributed by atoms with E-state index in [0.29, 0.717) is 0 Å². The van der Waals surface area contributed by atoms with E-state index in [4.69, 9.17) is 4.74 Å². The van der Waals surface area contributed by atoms with Gasteiger partial charge in [0.25, 0.3) is 5.91 Å². The Morgan fingerprint density at radius 3 is 2.21 bits per heavy atom. The lowest BCUT2D eigenvalue weighted by Gasteiger charge is -2.32. The summed E-state index contributed by atoms with van der Waals surface area (Å²) in [6.07, 6.45) is -6.50. The zero-order valence-electron chi connectivity index (χ0n) is 13.0. The molecule has 0 saturated carbocycles. The number of carbonyl (C=O) groups is 1. The van der Waals surface area contributed by atoms with Crippen LogP contribution in [0.15, 0.2) is 30.3 Å². The molecule has 1 aromatic carbocycles. The Labute approximate surface area is 137 Å². The Morgan fingerprint density at radius 1 is 1.29 bits per heavy atom. The van der Waals surface area contributed by atoms with Gasteiger partial charge in [-0.15, -0.1) is 0 Å². The van der Waals surface area contributed by atoms with Gasteiger partial charge in [0.1, 0.15) is 6.23 Å². The largest absolute Gasteiger partial charge is 0.426 e. The van der Waals surface area contributed by atoms with Crippen LogP contribution in [0.3, 0.4) is 0 Å². The molecule has 0 heterocycles. The smallest absolute Gasteiger partial charge is 0.373 e. The van der Waals surface area contributed by atoms with Crippen molar-refractivity contribution in [2.24, 2.45) is 0 Å². The van der Waals surface area contributed by atoms with E-state index in [1.165, 1.54) is 25.1 Å². The molecule has 1 aromatic rings. The van der Waals surface area contributed by atoms with Gasteiger partial charge >= 0.3 is 16.4 Å². The highest BCUT2D eigenvalue weighted by Gasteiger charge is 2.59. The van der Waals surface area contributed by atoms with Crippen molar-refractivity contribution in [2.45, 2.75) is 31.9 Å². The first-order chi connectivity index (χ1) is 10.8. The van der Waals surface area contributed by atoms with Gasteiger partial charge in [0.15, 0.2) is 0 Å². The van der Waals surface area contributed by atoms with E-state index in [0.717, 1.165) is 19.2 Å². The molecule has 0 aromatic heterocycles. The molecule has 0 aliphatic carbocycles. The van der Waals surface area contributed by atoms with Crippen molar-refractivity contribution >= 4 is 21.8 Å². The number of methoxy groups -OCH3 is 1. The number of aliphatic hydroxyl groups is 1. The second-order valence-corrected chi connectivity index (χ2v) is 6.53. The number of nitrogens with zero attached hydrogens (tertiary/aromatic N) is 1. The van der Waals surface area contributed by atoms with Crippen LogP contribution in [-0.4, -0.2) is 44.5 Å². The molecule has 0 aliphatic heterocycles. The Bertz CT molecular complexity index is 677. The van der Waals surface area contributed by atoms with Crippen molar-refractivity contribution in [1.82, 2.24) is 4.72 Å². The molecule has 24 heavy (non-hydrogen) atoms. The number of hydrogen-bond acceptors (Lipinski definition) is 5. The van der Waals surface area contributed by atoms with E-state index < -0.39 is 34.1 Å². The molecule has 2 unspecified atom stereocenters. The maximum atomic E-state index is 12.9. The summed E-state index contributed by atoms with van der Waals surface area (Å²) in [5.74, 6) is -2.07. The summed E-state index contributed by atoms with van der Waals surface area (Å²) in [7, 11) is -3.62. The van der Waals surface area contributed by atoms with Crippen LogP contribution in [0.2, 0.25) is 0 Å². The summed E-state index contributed by atoms with van der Waals surface area (Å²) in [4.78, 5) is 12.2. The standard InChI is InChI=1S/C13H17F3N2O5S/c1-9(23-3)17-24(21,22)18(10-7-5-4-6-8-10)11(19)12(2,20)13(14,15)16/h4-9,17,20H,1-3H3. The van der Waals surface area contributed by atoms with Crippen molar-refractivity contribution < 1.29 is 36.2 Å². The number of halogens is 3.